The summed E-state index contributed by atoms with van der Waals surface area (Å²) in [5.74, 6) is -0.956. The second-order valence-electron chi connectivity index (χ2n) is 9.19. The van der Waals surface area contributed by atoms with E-state index in [4.69, 9.17) is 10.2 Å². The van der Waals surface area contributed by atoms with Crippen LogP contribution in [0, 0.1) is 17.2 Å². The minimum Gasteiger partial charge on any atom is -0.480 e. The van der Waals surface area contributed by atoms with Crippen molar-refractivity contribution in [2.24, 2.45) is 5.92 Å². The number of nitrogens with one attached hydrogen (secondary N) is 2. The highest BCUT2D eigenvalue weighted by molar-refractivity contribution is 5.97. The van der Waals surface area contributed by atoms with Gasteiger partial charge in [-0.3, -0.25) is 9.20 Å². The second-order valence-corrected chi connectivity index (χ2v) is 9.19. The molecular formula is C25H29N5O3. The molecule has 0 spiro atoms. The first-order valence-electron chi connectivity index (χ1n) is 10.9. The molecular weight excluding hydrogens is 418 g/mol. The summed E-state index contributed by atoms with van der Waals surface area (Å²) < 4.78 is 1.86. The van der Waals surface area contributed by atoms with Crippen LogP contribution in [0.3, 0.4) is 0 Å². The number of carbonyl (C=O) groups excluding carboxylic acids is 1. The number of hydrogen-bond acceptors (Lipinski definition) is 5. The molecule has 2 heterocycles. The van der Waals surface area contributed by atoms with Crippen molar-refractivity contribution in [3.8, 4) is 17.3 Å². The lowest BCUT2D eigenvalue weighted by molar-refractivity contribution is -0.140. The predicted molar refractivity (Wildman–Crippen MR) is 127 cm³/mol. The Labute approximate surface area is 193 Å². The average molecular weight is 448 g/mol. The number of aromatic nitrogens is 2. The molecule has 1 aromatic carbocycles. The van der Waals surface area contributed by atoms with Crippen molar-refractivity contribution in [2.45, 2.75) is 52.6 Å². The summed E-state index contributed by atoms with van der Waals surface area (Å²) in [6.45, 7) is 9.80. The molecule has 3 aromatic rings. The molecule has 33 heavy (non-hydrogen) atoms. The fraction of sp³-hybridized carbons (Fsp3) is 0.360. The number of rotatable bonds is 7. The highest BCUT2D eigenvalue weighted by Gasteiger charge is 2.26. The zero-order chi connectivity index (χ0) is 24.3. The number of pyridine rings is 1. The van der Waals surface area contributed by atoms with Crippen LogP contribution in [-0.4, -0.2) is 37.9 Å². The highest BCUT2D eigenvalue weighted by Crippen LogP contribution is 2.31. The zero-order valence-corrected chi connectivity index (χ0v) is 19.5. The van der Waals surface area contributed by atoms with Gasteiger partial charge in [-0.15, -0.1) is 0 Å². The van der Waals surface area contributed by atoms with E-state index in [1.54, 1.807) is 37.4 Å². The predicted octanol–water partition coefficient (Wildman–Crippen LogP) is 4.31. The minimum absolute atomic E-state index is 0.202. The first-order valence-corrected chi connectivity index (χ1v) is 10.9. The number of aliphatic carboxylic acids is 1. The maximum absolute atomic E-state index is 12.8. The van der Waals surface area contributed by atoms with Crippen LogP contribution >= 0.6 is 0 Å². The van der Waals surface area contributed by atoms with Crippen LogP contribution in [-0.2, 0) is 4.79 Å². The maximum atomic E-state index is 12.8. The lowest BCUT2D eigenvalue weighted by Crippen LogP contribution is -2.45. The van der Waals surface area contributed by atoms with Crippen molar-refractivity contribution in [2.75, 3.05) is 5.32 Å². The fourth-order valence-electron chi connectivity index (χ4n) is 3.47. The summed E-state index contributed by atoms with van der Waals surface area (Å²) in [5, 5.41) is 24.7. The van der Waals surface area contributed by atoms with E-state index in [0.29, 0.717) is 28.9 Å². The first-order chi connectivity index (χ1) is 15.5. The lowest BCUT2D eigenvalue weighted by atomic mass is 9.99. The number of nitriles is 1. The standard InChI is InChI=1S/C25H29N5O3/c1-6-15(2)20(24(32)33)28-23(31)18-11-12-30-19(13-18)27-21(22(30)29-25(3,4)5)17-9-7-16(14-26)8-10-17/h7-13,15,20,29H,6H2,1-5H3,(H,28,31)(H,32,33). The van der Waals surface area contributed by atoms with Crippen molar-refractivity contribution >= 4 is 23.3 Å². The number of benzene rings is 1. The Kier molecular flexibility index (Phi) is 6.73. The molecule has 3 rings (SSSR count). The van der Waals surface area contributed by atoms with Gasteiger partial charge >= 0.3 is 5.97 Å². The Morgan fingerprint density at radius 1 is 1.21 bits per heavy atom. The quantitative estimate of drug-likeness (QED) is 0.496. The monoisotopic (exact) mass is 447 g/mol. The molecule has 2 aromatic heterocycles. The highest BCUT2D eigenvalue weighted by atomic mass is 16.4. The van der Waals surface area contributed by atoms with Gasteiger partial charge in [0.2, 0.25) is 0 Å². The molecule has 8 nitrogen and oxygen atoms in total. The van der Waals surface area contributed by atoms with Gasteiger partial charge < -0.3 is 15.7 Å². The molecule has 0 aliphatic rings. The number of fused-ring (bicyclic) bond motifs is 1. The van der Waals surface area contributed by atoms with Gasteiger partial charge in [0.05, 0.1) is 11.6 Å². The molecule has 172 valence electrons. The van der Waals surface area contributed by atoms with Crippen LogP contribution in [0.4, 0.5) is 5.82 Å². The Morgan fingerprint density at radius 3 is 2.42 bits per heavy atom. The number of hydrogen-bond donors (Lipinski definition) is 3. The summed E-state index contributed by atoms with van der Waals surface area (Å²) in [6.07, 6.45) is 2.38. The SMILES string of the molecule is CCC(C)C(NC(=O)c1ccn2c(NC(C)(C)C)c(-c3ccc(C#N)cc3)nc2c1)C(=O)O. The van der Waals surface area contributed by atoms with Gasteiger partial charge in [0.1, 0.15) is 23.2 Å². The normalized spacial score (nSPS) is 13.2. The third-order valence-corrected chi connectivity index (χ3v) is 5.43. The summed E-state index contributed by atoms with van der Waals surface area (Å²) in [6, 6.07) is 11.6. The molecule has 0 fully saturated rings. The van der Waals surface area contributed by atoms with Gasteiger partial charge in [-0.1, -0.05) is 32.4 Å². The van der Waals surface area contributed by atoms with E-state index in [9.17, 15) is 14.7 Å². The Balaban J connectivity index is 2.04. The topological polar surface area (TPSA) is 120 Å². The molecule has 0 aliphatic heterocycles. The molecule has 0 bridgehead atoms. The summed E-state index contributed by atoms with van der Waals surface area (Å²) in [4.78, 5) is 29.2. The molecule has 2 atom stereocenters. The van der Waals surface area contributed by atoms with Gasteiger partial charge in [0.25, 0.3) is 5.91 Å². The van der Waals surface area contributed by atoms with Gasteiger partial charge in [0, 0.05) is 22.9 Å². The van der Waals surface area contributed by atoms with Crippen molar-refractivity contribution < 1.29 is 14.7 Å². The number of amides is 1. The number of nitrogens with zero attached hydrogens (tertiary/aromatic N) is 3. The Bertz CT molecular complexity index is 1220. The van der Waals surface area contributed by atoms with Gasteiger partial charge in [0.15, 0.2) is 0 Å². The third-order valence-electron chi connectivity index (χ3n) is 5.43. The summed E-state index contributed by atoms with van der Waals surface area (Å²) in [7, 11) is 0. The van der Waals surface area contributed by atoms with E-state index < -0.39 is 17.9 Å². The van der Waals surface area contributed by atoms with Gasteiger partial charge in [-0.2, -0.15) is 5.26 Å². The van der Waals surface area contributed by atoms with E-state index in [0.717, 1.165) is 11.4 Å². The van der Waals surface area contributed by atoms with Crippen molar-refractivity contribution in [1.29, 1.82) is 5.26 Å². The summed E-state index contributed by atoms with van der Waals surface area (Å²) >= 11 is 0. The first kappa shape index (κ1) is 23.8. The summed E-state index contributed by atoms with van der Waals surface area (Å²) in [5.41, 5.74) is 2.70. The van der Waals surface area contributed by atoms with Crippen LogP contribution in [0.1, 0.15) is 57.0 Å². The smallest absolute Gasteiger partial charge is 0.326 e. The second kappa shape index (κ2) is 9.33. The van der Waals surface area contributed by atoms with Gasteiger partial charge in [-0.25, -0.2) is 9.78 Å². The molecule has 0 aliphatic carbocycles. The van der Waals surface area contributed by atoms with E-state index >= 15 is 0 Å². The number of carboxylic acid groups (broad SMARTS) is 1. The molecule has 8 heteroatoms. The molecule has 0 radical (unpaired) electrons. The van der Waals surface area contributed by atoms with Gasteiger partial charge in [-0.05, 0) is 51.0 Å². The largest absolute Gasteiger partial charge is 0.480 e. The molecule has 0 saturated carbocycles. The number of imidazole rings is 1. The van der Waals surface area contributed by atoms with E-state index in [1.807, 2.05) is 44.2 Å². The van der Waals surface area contributed by atoms with E-state index in [2.05, 4.69) is 16.7 Å². The van der Waals surface area contributed by atoms with Crippen LogP contribution in [0.25, 0.3) is 16.9 Å². The Hall–Kier alpha value is -3.86. The molecule has 3 N–H and O–H groups in total. The van der Waals surface area contributed by atoms with Crippen LogP contribution < -0.4 is 10.6 Å². The Morgan fingerprint density at radius 2 is 1.88 bits per heavy atom. The minimum atomic E-state index is -1.06. The van der Waals surface area contributed by atoms with Crippen molar-refractivity contribution in [3.05, 3.63) is 53.7 Å². The number of carbonyl (C=O) groups is 2. The maximum Gasteiger partial charge on any atom is 0.326 e. The van der Waals surface area contributed by atoms with E-state index in [-0.39, 0.29) is 11.5 Å². The molecule has 1 amide bonds. The number of anilines is 1. The molecule has 2 unspecified atom stereocenters. The van der Waals surface area contributed by atoms with Crippen molar-refractivity contribution in [1.82, 2.24) is 14.7 Å². The third kappa shape index (κ3) is 5.32. The average Bonchev–Trinajstić information content (AvgIpc) is 3.12. The lowest BCUT2D eigenvalue weighted by Gasteiger charge is -2.22. The molecule has 0 saturated heterocycles. The van der Waals surface area contributed by atoms with Crippen molar-refractivity contribution in [3.63, 3.8) is 0 Å². The van der Waals surface area contributed by atoms with E-state index in [1.165, 1.54) is 0 Å². The van der Waals surface area contributed by atoms with Crippen LogP contribution in [0.2, 0.25) is 0 Å². The number of carboxylic acids is 1. The zero-order valence-electron chi connectivity index (χ0n) is 19.5. The van der Waals surface area contributed by atoms with Crippen LogP contribution in [0.15, 0.2) is 42.6 Å². The van der Waals surface area contributed by atoms with Crippen LogP contribution in [0.5, 0.6) is 0 Å². The fourth-order valence-corrected chi connectivity index (χ4v) is 3.47.